The predicted octanol–water partition coefficient (Wildman–Crippen LogP) is 2.56. The summed E-state index contributed by atoms with van der Waals surface area (Å²) >= 11 is 0. The van der Waals surface area contributed by atoms with Gasteiger partial charge >= 0.3 is 0 Å². The average Bonchev–Trinajstić information content (AvgIpc) is 2.95. The maximum atomic E-state index is 9.78. The molecule has 2 aromatic rings. The van der Waals surface area contributed by atoms with Gasteiger partial charge in [-0.05, 0) is 24.6 Å². The average molecular weight is 310 g/mol. The number of pyridine rings is 1. The molecule has 0 unspecified atom stereocenters. The van der Waals surface area contributed by atoms with Gasteiger partial charge in [0, 0.05) is 55.0 Å². The quantitative estimate of drug-likeness (QED) is 0.946. The summed E-state index contributed by atoms with van der Waals surface area (Å²) in [5.74, 6) is 1.61. The van der Waals surface area contributed by atoms with Crippen molar-refractivity contribution >= 4 is 0 Å². The van der Waals surface area contributed by atoms with Crippen molar-refractivity contribution in [2.45, 2.75) is 19.5 Å². The van der Waals surface area contributed by atoms with Crippen LogP contribution in [0.2, 0.25) is 0 Å². The van der Waals surface area contributed by atoms with E-state index in [1.54, 1.807) is 0 Å². The SMILES string of the molecule is Cc1ccc(CN2C[C@@H](CO)[C@@H]3COc4ccccc4[C@@H]32)cn1. The molecule has 1 fully saturated rings. The highest BCUT2D eigenvalue weighted by Crippen LogP contribution is 2.47. The second-order valence-corrected chi connectivity index (χ2v) is 6.64. The number of ether oxygens (including phenoxy) is 1. The van der Waals surface area contributed by atoms with Crippen molar-refractivity contribution in [2.24, 2.45) is 11.8 Å². The molecule has 1 N–H and O–H groups in total. The van der Waals surface area contributed by atoms with Crippen LogP contribution >= 0.6 is 0 Å². The predicted molar refractivity (Wildman–Crippen MR) is 88.1 cm³/mol. The molecule has 3 atom stereocenters. The summed E-state index contributed by atoms with van der Waals surface area (Å²) in [5.41, 5.74) is 3.51. The van der Waals surface area contributed by atoms with E-state index in [4.69, 9.17) is 4.74 Å². The lowest BCUT2D eigenvalue weighted by Gasteiger charge is -2.34. The monoisotopic (exact) mass is 310 g/mol. The number of aromatic nitrogens is 1. The highest BCUT2D eigenvalue weighted by atomic mass is 16.5. The molecule has 0 amide bonds. The molecule has 4 nitrogen and oxygen atoms in total. The van der Waals surface area contributed by atoms with Crippen LogP contribution in [-0.2, 0) is 6.54 Å². The number of hydrogen-bond donors (Lipinski definition) is 1. The fourth-order valence-corrected chi connectivity index (χ4v) is 3.96. The Labute approximate surface area is 136 Å². The van der Waals surface area contributed by atoms with Gasteiger partial charge in [-0.15, -0.1) is 0 Å². The van der Waals surface area contributed by atoms with E-state index in [2.05, 4.69) is 34.1 Å². The number of aliphatic hydroxyl groups is 1. The molecule has 1 aromatic carbocycles. The molecule has 0 spiro atoms. The molecule has 0 radical (unpaired) electrons. The Hall–Kier alpha value is -1.91. The molecule has 3 heterocycles. The number of benzene rings is 1. The van der Waals surface area contributed by atoms with Crippen molar-refractivity contribution in [3.05, 3.63) is 59.4 Å². The zero-order valence-corrected chi connectivity index (χ0v) is 13.4. The molecule has 4 heteroatoms. The van der Waals surface area contributed by atoms with E-state index in [0.717, 1.165) is 24.5 Å². The topological polar surface area (TPSA) is 45.6 Å². The van der Waals surface area contributed by atoms with E-state index in [1.807, 2.05) is 25.3 Å². The van der Waals surface area contributed by atoms with Gasteiger partial charge in [0.1, 0.15) is 5.75 Å². The first kappa shape index (κ1) is 14.7. The van der Waals surface area contributed by atoms with Crippen LogP contribution in [0.15, 0.2) is 42.6 Å². The third kappa shape index (κ3) is 2.62. The molecule has 2 aliphatic rings. The third-order valence-corrected chi connectivity index (χ3v) is 5.14. The molecule has 4 rings (SSSR count). The Balaban J connectivity index is 1.65. The van der Waals surface area contributed by atoms with Gasteiger partial charge in [-0.1, -0.05) is 24.3 Å². The summed E-state index contributed by atoms with van der Waals surface area (Å²) in [6.07, 6.45) is 1.96. The van der Waals surface area contributed by atoms with Crippen LogP contribution in [0.5, 0.6) is 5.75 Å². The maximum Gasteiger partial charge on any atom is 0.124 e. The minimum atomic E-state index is 0.218. The number of likely N-dealkylation sites (tertiary alicyclic amines) is 1. The van der Waals surface area contributed by atoms with Gasteiger partial charge in [0.05, 0.1) is 6.61 Å². The van der Waals surface area contributed by atoms with E-state index >= 15 is 0 Å². The first-order valence-corrected chi connectivity index (χ1v) is 8.24. The first-order valence-electron chi connectivity index (χ1n) is 8.24. The van der Waals surface area contributed by atoms with Crippen LogP contribution < -0.4 is 4.74 Å². The van der Waals surface area contributed by atoms with Crippen molar-refractivity contribution < 1.29 is 9.84 Å². The fraction of sp³-hybridized carbons (Fsp3) is 0.421. The molecular weight excluding hydrogens is 288 g/mol. The summed E-state index contributed by atoms with van der Waals surface area (Å²) in [7, 11) is 0. The normalized spacial score (nSPS) is 26.4. The highest BCUT2D eigenvalue weighted by Gasteiger charge is 2.45. The number of aryl methyl sites for hydroxylation is 1. The smallest absolute Gasteiger partial charge is 0.124 e. The lowest BCUT2D eigenvalue weighted by molar-refractivity contribution is 0.118. The Morgan fingerprint density at radius 2 is 2.13 bits per heavy atom. The van der Waals surface area contributed by atoms with E-state index in [0.29, 0.717) is 18.6 Å². The molecule has 1 aromatic heterocycles. The fourth-order valence-electron chi connectivity index (χ4n) is 3.96. The summed E-state index contributed by atoms with van der Waals surface area (Å²) in [6.45, 7) is 4.67. The van der Waals surface area contributed by atoms with Crippen molar-refractivity contribution in [3.63, 3.8) is 0 Å². The number of rotatable bonds is 3. The minimum absolute atomic E-state index is 0.218. The molecule has 23 heavy (non-hydrogen) atoms. The van der Waals surface area contributed by atoms with Crippen molar-refractivity contribution in [1.29, 1.82) is 0 Å². The number of fused-ring (bicyclic) bond motifs is 3. The standard InChI is InChI=1S/C19H22N2O2/c1-13-6-7-14(8-20-13)9-21-10-15(11-22)17-12-23-18-5-3-2-4-16(18)19(17)21/h2-8,15,17,19,22H,9-12H2,1H3/t15-,17-,19-/m0/s1. The largest absolute Gasteiger partial charge is 0.493 e. The molecule has 1 saturated heterocycles. The number of hydrogen-bond acceptors (Lipinski definition) is 4. The lowest BCUT2D eigenvalue weighted by Crippen LogP contribution is -2.31. The Bertz CT molecular complexity index is 686. The number of nitrogens with zero attached hydrogens (tertiary/aromatic N) is 2. The van der Waals surface area contributed by atoms with Crippen LogP contribution in [0.25, 0.3) is 0 Å². The highest BCUT2D eigenvalue weighted by molar-refractivity contribution is 5.39. The van der Waals surface area contributed by atoms with Crippen molar-refractivity contribution in [1.82, 2.24) is 9.88 Å². The molecule has 2 aliphatic heterocycles. The molecule has 120 valence electrons. The van der Waals surface area contributed by atoms with Crippen LogP contribution in [-0.4, -0.2) is 34.7 Å². The third-order valence-electron chi connectivity index (χ3n) is 5.14. The Morgan fingerprint density at radius 3 is 2.91 bits per heavy atom. The minimum Gasteiger partial charge on any atom is -0.493 e. The lowest BCUT2D eigenvalue weighted by atomic mass is 9.86. The molecule has 0 saturated carbocycles. The van der Waals surface area contributed by atoms with E-state index in [-0.39, 0.29) is 12.5 Å². The van der Waals surface area contributed by atoms with Crippen molar-refractivity contribution in [3.8, 4) is 5.75 Å². The van der Waals surface area contributed by atoms with Gasteiger partial charge in [-0.2, -0.15) is 0 Å². The van der Waals surface area contributed by atoms with E-state index < -0.39 is 0 Å². The first-order chi connectivity index (χ1) is 11.3. The van der Waals surface area contributed by atoms with Gasteiger partial charge < -0.3 is 9.84 Å². The number of para-hydroxylation sites is 1. The van der Waals surface area contributed by atoms with Gasteiger partial charge in [0.2, 0.25) is 0 Å². The van der Waals surface area contributed by atoms with Gasteiger partial charge in [-0.3, -0.25) is 9.88 Å². The summed E-state index contributed by atoms with van der Waals surface area (Å²) in [5, 5.41) is 9.78. The summed E-state index contributed by atoms with van der Waals surface area (Å²) < 4.78 is 5.93. The molecule has 0 aliphatic carbocycles. The molecule has 0 bridgehead atoms. The van der Waals surface area contributed by atoms with Gasteiger partial charge in [0.15, 0.2) is 0 Å². The zero-order chi connectivity index (χ0) is 15.8. The van der Waals surface area contributed by atoms with Crippen LogP contribution in [0.4, 0.5) is 0 Å². The second-order valence-electron chi connectivity index (χ2n) is 6.64. The molecular formula is C19H22N2O2. The number of aliphatic hydroxyl groups excluding tert-OH is 1. The Morgan fingerprint density at radius 1 is 1.26 bits per heavy atom. The zero-order valence-electron chi connectivity index (χ0n) is 13.4. The van der Waals surface area contributed by atoms with Crippen molar-refractivity contribution in [2.75, 3.05) is 19.8 Å². The van der Waals surface area contributed by atoms with Gasteiger partial charge in [0.25, 0.3) is 0 Å². The van der Waals surface area contributed by atoms with Crippen LogP contribution in [0, 0.1) is 18.8 Å². The Kier molecular flexibility index (Phi) is 3.79. The summed E-state index contributed by atoms with van der Waals surface area (Å²) in [4.78, 5) is 6.88. The van der Waals surface area contributed by atoms with E-state index in [9.17, 15) is 5.11 Å². The second kappa shape index (κ2) is 5.95. The van der Waals surface area contributed by atoms with Gasteiger partial charge in [-0.25, -0.2) is 0 Å². The van der Waals surface area contributed by atoms with E-state index in [1.165, 1.54) is 11.1 Å². The maximum absolute atomic E-state index is 9.78. The summed E-state index contributed by atoms with van der Waals surface area (Å²) in [6, 6.07) is 12.8. The van der Waals surface area contributed by atoms with Crippen LogP contribution in [0.3, 0.4) is 0 Å². The van der Waals surface area contributed by atoms with Crippen LogP contribution in [0.1, 0.15) is 22.9 Å².